The van der Waals surface area contributed by atoms with Crippen LogP contribution in [0.5, 0.6) is 0 Å². The summed E-state index contributed by atoms with van der Waals surface area (Å²) in [5.41, 5.74) is 5.43. The van der Waals surface area contributed by atoms with Crippen molar-refractivity contribution in [3.8, 4) is 28.5 Å². The molecule has 1 aromatic heterocycles. The van der Waals surface area contributed by atoms with Crippen molar-refractivity contribution in [1.82, 2.24) is 4.98 Å². The summed E-state index contributed by atoms with van der Waals surface area (Å²) in [7, 11) is 0. The summed E-state index contributed by atoms with van der Waals surface area (Å²) in [6.07, 6.45) is 0. The van der Waals surface area contributed by atoms with E-state index in [2.05, 4.69) is 11.4 Å². The topological polar surface area (TPSA) is 103 Å². The summed E-state index contributed by atoms with van der Waals surface area (Å²) in [6, 6.07) is 27.8. The number of rotatable bonds is 7. The number of benzene rings is 3. The molecule has 6 nitrogen and oxygen atoms in total. The maximum Gasteiger partial charge on any atom is 0.335 e. The van der Waals surface area contributed by atoms with Crippen molar-refractivity contribution in [3.05, 3.63) is 102 Å². The second kappa shape index (κ2) is 10.9. The Morgan fingerprint density at radius 2 is 1.64 bits per heavy atom. The molecule has 36 heavy (non-hydrogen) atoms. The van der Waals surface area contributed by atoms with E-state index >= 15 is 0 Å². The fourth-order valence-electron chi connectivity index (χ4n) is 3.59. The van der Waals surface area contributed by atoms with E-state index in [4.69, 9.17) is 10.1 Å². The molecule has 3 aromatic carbocycles. The van der Waals surface area contributed by atoms with Gasteiger partial charge in [-0.3, -0.25) is 4.79 Å². The van der Waals surface area contributed by atoms with Crippen LogP contribution in [0.3, 0.4) is 0 Å². The largest absolute Gasteiger partial charge is 0.478 e. The number of carbonyl (C=O) groups is 2. The van der Waals surface area contributed by atoms with Crippen LogP contribution in [0.15, 0.2) is 90.0 Å². The molecule has 0 spiro atoms. The Hall–Kier alpha value is -4.41. The quantitative estimate of drug-likeness (QED) is 0.288. The summed E-state index contributed by atoms with van der Waals surface area (Å²) < 4.78 is 0. The molecule has 0 bridgehead atoms. The van der Waals surface area contributed by atoms with Crippen LogP contribution in [-0.2, 0) is 4.79 Å². The van der Waals surface area contributed by atoms with Crippen molar-refractivity contribution in [2.24, 2.45) is 0 Å². The highest BCUT2D eigenvalue weighted by atomic mass is 32.2. The Kier molecular flexibility index (Phi) is 7.47. The van der Waals surface area contributed by atoms with Gasteiger partial charge in [0, 0.05) is 16.8 Å². The standard InChI is InChI=1S/C29H23N3O3S/c1-18-8-10-20(11-9-18)24-16-26(21-6-4-3-5-7-21)32-28(25(24)17-30)36-19(2)27(33)31-23-14-12-22(13-15-23)29(34)35/h3-16,19H,1-2H3,(H,31,33)(H,34,35). The minimum absolute atomic E-state index is 0.139. The first kappa shape index (κ1) is 24.7. The number of pyridine rings is 1. The molecule has 7 heteroatoms. The number of thioether (sulfide) groups is 1. The van der Waals surface area contributed by atoms with Crippen molar-refractivity contribution in [2.75, 3.05) is 5.32 Å². The summed E-state index contributed by atoms with van der Waals surface area (Å²) in [4.78, 5) is 28.8. The predicted molar refractivity (Wildman–Crippen MR) is 142 cm³/mol. The van der Waals surface area contributed by atoms with E-state index in [9.17, 15) is 14.9 Å². The zero-order valence-electron chi connectivity index (χ0n) is 19.7. The number of nitriles is 1. The molecule has 0 radical (unpaired) electrons. The van der Waals surface area contributed by atoms with Gasteiger partial charge < -0.3 is 10.4 Å². The number of aromatic nitrogens is 1. The number of hydrogen-bond acceptors (Lipinski definition) is 5. The Balaban J connectivity index is 1.68. The highest BCUT2D eigenvalue weighted by Crippen LogP contribution is 2.36. The van der Waals surface area contributed by atoms with E-state index in [0.29, 0.717) is 22.0 Å². The summed E-state index contributed by atoms with van der Waals surface area (Å²) in [5, 5.41) is 21.8. The number of hydrogen-bond donors (Lipinski definition) is 2. The lowest BCUT2D eigenvalue weighted by atomic mass is 9.98. The van der Waals surface area contributed by atoms with E-state index in [1.807, 2.05) is 67.6 Å². The molecule has 2 N–H and O–H groups in total. The van der Waals surface area contributed by atoms with Crippen molar-refractivity contribution in [1.29, 1.82) is 5.26 Å². The van der Waals surface area contributed by atoms with E-state index in [0.717, 1.165) is 22.3 Å². The molecule has 1 amide bonds. The molecule has 0 saturated carbocycles. The zero-order valence-corrected chi connectivity index (χ0v) is 20.5. The minimum Gasteiger partial charge on any atom is -0.478 e. The normalized spacial score (nSPS) is 11.4. The third kappa shape index (κ3) is 5.62. The highest BCUT2D eigenvalue weighted by molar-refractivity contribution is 8.00. The summed E-state index contributed by atoms with van der Waals surface area (Å²) >= 11 is 1.21. The van der Waals surface area contributed by atoms with Crippen LogP contribution in [0.25, 0.3) is 22.4 Å². The lowest BCUT2D eigenvalue weighted by molar-refractivity contribution is -0.115. The number of nitrogens with one attached hydrogen (secondary N) is 1. The van der Waals surface area contributed by atoms with Gasteiger partial charge in [-0.2, -0.15) is 5.26 Å². The Morgan fingerprint density at radius 3 is 2.25 bits per heavy atom. The molecule has 0 aliphatic carbocycles. The molecule has 1 heterocycles. The third-order valence-electron chi connectivity index (χ3n) is 5.59. The summed E-state index contributed by atoms with van der Waals surface area (Å²) in [5.74, 6) is -1.31. The van der Waals surface area contributed by atoms with E-state index < -0.39 is 11.2 Å². The van der Waals surface area contributed by atoms with E-state index in [-0.39, 0.29) is 11.5 Å². The Bertz CT molecular complexity index is 1440. The van der Waals surface area contributed by atoms with Crippen molar-refractivity contribution in [3.63, 3.8) is 0 Å². The first-order valence-electron chi connectivity index (χ1n) is 11.2. The first-order valence-corrected chi connectivity index (χ1v) is 12.1. The van der Waals surface area contributed by atoms with Gasteiger partial charge in [0.15, 0.2) is 0 Å². The van der Waals surface area contributed by atoms with Crippen LogP contribution in [0.4, 0.5) is 5.69 Å². The van der Waals surface area contributed by atoms with Gasteiger partial charge in [0.05, 0.1) is 22.1 Å². The minimum atomic E-state index is -1.03. The molecule has 0 fully saturated rings. The van der Waals surface area contributed by atoms with Crippen LogP contribution in [-0.4, -0.2) is 27.2 Å². The predicted octanol–water partition coefficient (Wildman–Crippen LogP) is 6.41. The van der Waals surface area contributed by atoms with Gasteiger partial charge in [-0.25, -0.2) is 9.78 Å². The number of nitrogens with zero attached hydrogens (tertiary/aromatic N) is 2. The Morgan fingerprint density at radius 1 is 0.972 bits per heavy atom. The lowest BCUT2D eigenvalue weighted by Crippen LogP contribution is -2.22. The van der Waals surface area contributed by atoms with Crippen LogP contribution in [0.2, 0.25) is 0 Å². The van der Waals surface area contributed by atoms with Gasteiger partial charge in [0.2, 0.25) is 5.91 Å². The average Bonchev–Trinajstić information content (AvgIpc) is 2.89. The van der Waals surface area contributed by atoms with Crippen LogP contribution >= 0.6 is 11.8 Å². The van der Waals surface area contributed by atoms with Gasteiger partial charge >= 0.3 is 5.97 Å². The zero-order chi connectivity index (χ0) is 25.7. The van der Waals surface area contributed by atoms with E-state index in [1.165, 1.54) is 23.9 Å². The average molecular weight is 494 g/mol. The summed E-state index contributed by atoms with van der Waals surface area (Å²) in [6.45, 7) is 3.75. The molecular weight excluding hydrogens is 470 g/mol. The molecular formula is C29H23N3O3S. The molecule has 0 saturated heterocycles. The number of aryl methyl sites for hydroxylation is 1. The fraction of sp³-hybridized carbons (Fsp3) is 0.103. The second-order valence-electron chi connectivity index (χ2n) is 8.21. The van der Waals surface area contributed by atoms with Crippen LogP contribution < -0.4 is 5.32 Å². The van der Waals surface area contributed by atoms with Gasteiger partial charge in [-0.1, -0.05) is 71.9 Å². The third-order valence-corrected chi connectivity index (χ3v) is 6.67. The number of amides is 1. The second-order valence-corrected chi connectivity index (χ2v) is 9.54. The number of aromatic carboxylic acids is 1. The number of carboxylic acid groups (broad SMARTS) is 1. The monoisotopic (exact) mass is 493 g/mol. The maximum absolute atomic E-state index is 12.9. The number of carbonyl (C=O) groups excluding carboxylic acids is 1. The molecule has 4 rings (SSSR count). The van der Waals surface area contributed by atoms with Crippen LogP contribution in [0, 0.1) is 18.3 Å². The van der Waals surface area contributed by atoms with Crippen molar-refractivity contribution in [2.45, 2.75) is 24.1 Å². The number of carboxylic acids is 1. The van der Waals surface area contributed by atoms with Crippen molar-refractivity contribution < 1.29 is 14.7 Å². The lowest BCUT2D eigenvalue weighted by Gasteiger charge is -2.16. The van der Waals surface area contributed by atoms with Gasteiger partial charge in [-0.15, -0.1) is 0 Å². The van der Waals surface area contributed by atoms with Crippen molar-refractivity contribution >= 4 is 29.3 Å². The highest BCUT2D eigenvalue weighted by Gasteiger charge is 2.21. The van der Waals surface area contributed by atoms with Gasteiger partial charge in [-0.05, 0) is 49.7 Å². The maximum atomic E-state index is 12.9. The molecule has 1 unspecified atom stereocenters. The molecule has 4 aromatic rings. The molecule has 1 atom stereocenters. The Labute approximate surface area is 213 Å². The van der Waals surface area contributed by atoms with Crippen LogP contribution in [0.1, 0.15) is 28.4 Å². The van der Waals surface area contributed by atoms with Gasteiger partial charge in [0.1, 0.15) is 11.1 Å². The fourth-order valence-corrected chi connectivity index (χ4v) is 4.52. The number of anilines is 1. The molecule has 0 aliphatic rings. The molecule has 0 aliphatic heterocycles. The van der Waals surface area contributed by atoms with Gasteiger partial charge in [0.25, 0.3) is 0 Å². The first-order chi connectivity index (χ1) is 17.4. The SMILES string of the molecule is Cc1ccc(-c2cc(-c3ccccc3)nc(SC(C)C(=O)Nc3ccc(C(=O)O)cc3)c2C#N)cc1. The molecule has 178 valence electrons. The smallest absolute Gasteiger partial charge is 0.335 e. The van der Waals surface area contributed by atoms with E-state index in [1.54, 1.807) is 19.1 Å².